The van der Waals surface area contributed by atoms with E-state index >= 15 is 0 Å². The maximum absolute atomic E-state index is 12.4. The van der Waals surface area contributed by atoms with Crippen LogP contribution in [0.15, 0.2) is 29.2 Å². The molecule has 0 bridgehead atoms. The number of sulfonamides is 1. The van der Waals surface area contributed by atoms with Crippen LogP contribution in [0.3, 0.4) is 0 Å². The van der Waals surface area contributed by atoms with Crippen LogP contribution in [0.4, 0.5) is 5.69 Å². The van der Waals surface area contributed by atoms with Gasteiger partial charge in [-0.05, 0) is 62.3 Å². The van der Waals surface area contributed by atoms with Gasteiger partial charge in [-0.3, -0.25) is 0 Å². The highest BCUT2D eigenvalue weighted by Crippen LogP contribution is 2.23. The van der Waals surface area contributed by atoms with Crippen LogP contribution in [-0.4, -0.2) is 15.0 Å². The summed E-state index contributed by atoms with van der Waals surface area (Å²) in [7, 11) is -3.53. The van der Waals surface area contributed by atoms with Gasteiger partial charge in [-0.15, -0.1) is 0 Å². The van der Waals surface area contributed by atoms with Crippen LogP contribution >= 0.6 is 0 Å². The SMILES string of the molecule is Cc1cc(N)c(S(=O)(=O)NCC2CC=CCC2)cc1C. The molecule has 1 atom stereocenters. The first-order chi connectivity index (χ1) is 9.40. The summed E-state index contributed by atoms with van der Waals surface area (Å²) in [6, 6.07) is 3.36. The molecule has 0 radical (unpaired) electrons. The monoisotopic (exact) mass is 294 g/mol. The Kier molecular flexibility index (Phi) is 4.50. The zero-order chi connectivity index (χ0) is 14.8. The number of hydrogen-bond donors (Lipinski definition) is 2. The minimum absolute atomic E-state index is 0.187. The Balaban J connectivity index is 2.14. The number of nitrogen functional groups attached to an aromatic ring is 1. The third-order valence-electron chi connectivity index (χ3n) is 3.86. The summed E-state index contributed by atoms with van der Waals surface area (Å²) < 4.78 is 27.4. The number of hydrogen-bond acceptors (Lipinski definition) is 3. The number of benzene rings is 1. The van der Waals surface area contributed by atoms with E-state index in [1.807, 2.05) is 13.8 Å². The van der Waals surface area contributed by atoms with Crippen LogP contribution in [-0.2, 0) is 10.0 Å². The highest BCUT2D eigenvalue weighted by Gasteiger charge is 2.20. The standard InChI is InChI=1S/C15H22N2O2S/c1-11-8-14(16)15(9-12(11)2)20(18,19)17-10-13-6-4-3-5-7-13/h3-4,8-9,13,17H,5-7,10,16H2,1-2H3. The van der Waals surface area contributed by atoms with Gasteiger partial charge in [0.1, 0.15) is 4.90 Å². The summed E-state index contributed by atoms with van der Waals surface area (Å²) in [5, 5.41) is 0. The van der Waals surface area contributed by atoms with E-state index in [1.165, 1.54) is 0 Å². The highest BCUT2D eigenvalue weighted by molar-refractivity contribution is 7.89. The highest BCUT2D eigenvalue weighted by atomic mass is 32.2. The number of anilines is 1. The average Bonchev–Trinajstić information content (AvgIpc) is 2.42. The molecular formula is C15H22N2O2S. The van der Waals surface area contributed by atoms with Crippen LogP contribution in [0.25, 0.3) is 0 Å². The molecule has 1 aromatic rings. The Hall–Kier alpha value is -1.33. The van der Waals surface area contributed by atoms with Crippen molar-refractivity contribution in [2.75, 3.05) is 12.3 Å². The number of aryl methyl sites for hydroxylation is 2. The van der Waals surface area contributed by atoms with Crippen molar-refractivity contribution in [3.8, 4) is 0 Å². The molecule has 0 saturated carbocycles. The minimum atomic E-state index is -3.53. The summed E-state index contributed by atoms with van der Waals surface area (Å²) in [6.45, 7) is 4.28. The summed E-state index contributed by atoms with van der Waals surface area (Å²) in [5.74, 6) is 0.377. The van der Waals surface area contributed by atoms with Crippen molar-refractivity contribution in [1.82, 2.24) is 4.72 Å². The molecule has 0 heterocycles. The van der Waals surface area contributed by atoms with E-state index in [4.69, 9.17) is 5.73 Å². The quantitative estimate of drug-likeness (QED) is 0.662. The molecule has 3 N–H and O–H groups in total. The smallest absolute Gasteiger partial charge is 0.242 e. The summed E-state index contributed by atoms with van der Waals surface area (Å²) >= 11 is 0. The fourth-order valence-corrected chi connectivity index (χ4v) is 3.70. The topological polar surface area (TPSA) is 72.2 Å². The molecule has 1 unspecified atom stereocenters. The van der Waals surface area contributed by atoms with E-state index in [9.17, 15) is 8.42 Å². The van der Waals surface area contributed by atoms with Crippen LogP contribution in [0.2, 0.25) is 0 Å². The molecule has 0 fully saturated rings. The molecule has 0 aromatic heterocycles. The van der Waals surface area contributed by atoms with Gasteiger partial charge in [-0.1, -0.05) is 12.2 Å². The lowest BCUT2D eigenvalue weighted by molar-refractivity contribution is 0.468. The van der Waals surface area contributed by atoms with Crippen molar-refractivity contribution in [1.29, 1.82) is 0 Å². The van der Waals surface area contributed by atoms with Crippen molar-refractivity contribution in [2.24, 2.45) is 5.92 Å². The zero-order valence-corrected chi connectivity index (χ0v) is 12.8. The van der Waals surface area contributed by atoms with Gasteiger partial charge in [0, 0.05) is 6.54 Å². The zero-order valence-electron chi connectivity index (χ0n) is 12.0. The first-order valence-corrected chi connectivity index (χ1v) is 8.40. The molecule has 1 aliphatic carbocycles. The van der Waals surface area contributed by atoms with E-state index in [0.717, 1.165) is 30.4 Å². The van der Waals surface area contributed by atoms with Gasteiger partial charge in [-0.2, -0.15) is 0 Å². The van der Waals surface area contributed by atoms with Gasteiger partial charge in [0.15, 0.2) is 0 Å². The minimum Gasteiger partial charge on any atom is -0.398 e. The number of nitrogens with two attached hydrogens (primary N) is 1. The number of allylic oxidation sites excluding steroid dienone is 2. The van der Waals surface area contributed by atoms with Crippen molar-refractivity contribution >= 4 is 15.7 Å². The van der Waals surface area contributed by atoms with Crippen LogP contribution in [0.5, 0.6) is 0 Å². The second-order valence-corrected chi connectivity index (χ2v) is 7.21. The lowest BCUT2D eigenvalue weighted by atomic mass is 9.95. The number of nitrogens with one attached hydrogen (secondary N) is 1. The Morgan fingerprint density at radius 3 is 2.60 bits per heavy atom. The molecule has 1 aromatic carbocycles. The van der Waals surface area contributed by atoms with E-state index in [-0.39, 0.29) is 4.90 Å². The molecule has 0 amide bonds. The molecule has 20 heavy (non-hydrogen) atoms. The van der Waals surface area contributed by atoms with E-state index in [1.54, 1.807) is 12.1 Å². The predicted octanol–water partition coefficient (Wildman–Crippen LogP) is 2.52. The van der Waals surface area contributed by atoms with Gasteiger partial charge < -0.3 is 5.73 Å². The van der Waals surface area contributed by atoms with E-state index in [2.05, 4.69) is 16.9 Å². The number of rotatable bonds is 4. The summed E-state index contributed by atoms with van der Waals surface area (Å²) in [6.07, 6.45) is 7.25. The summed E-state index contributed by atoms with van der Waals surface area (Å²) in [5.41, 5.74) is 8.09. The first kappa shape index (κ1) is 15.1. The Morgan fingerprint density at radius 1 is 1.25 bits per heavy atom. The Morgan fingerprint density at radius 2 is 1.95 bits per heavy atom. The second-order valence-electron chi connectivity index (χ2n) is 5.48. The van der Waals surface area contributed by atoms with Crippen molar-refractivity contribution in [2.45, 2.75) is 38.0 Å². The average molecular weight is 294 g/mol. The molecular weight excluding hydrogens is 272 g/mol. The largest absolute Gasteiger partial charge is 0.398 e. The van der Waals surface area contributed by atoms with Gasteiger partial charge in [-0.25, -0.2) is 13.1 Å². The van der Waals surface area contributed by atoms with Crippen LogP contribution in [0, 0.1) is 19.8 Å². The third-order valence-corrected chi connectivity index (χ3v) is 5.33. The van der Waals surface area contributed by atoms with Crippen LogP contribution in [0.1, 0.15) is 30.4 Å². The van der Waals surface area contributed by atoms with Gasteiger partial charge in [0.25, 0.3) is 0 Å². The normalized spacial score (nSPS) is 19.2. The Labute approximate surface area is 121 Å². The van der Waals surface area contributed by atoms with Crippen molar-refractivity contribution in [3.05, 3.63) is 35.4 Å². The molecule has 2 rings (SSSR count). The molecule has 110 valence electrons. The fourth-order valence-electron chi connectivity index (χ4n) is 2.39. The van der Waals surface area contributed by atoms with Crippen molar-refractivity contribution in [3.63, 3.8) is 0 Å². The Bertz CT molecular complexity index is 621. The molecule has 5 heteroatoms. The molecule has 0 spiro atoms. The summed E-state index contributed by atoms with van der Waals surface area (Å²) in [4.78, 5) is 0.187. The molecule has 0 aliphatic heterocycles. The van der Waals surface area contributed by atoms with Gasteiger partial charge in [0.2, 0.25) is 10.0 Å². The van der Waals surface area contributed by atoms with Gasteiger partial charge >= 0.3 is 0 Å². The van der Waals surface area contributed by atoms with E-state index in [0.29, 0.717) is 18.2 Å². The maximum atomic E-state index is 12.4. The van der Waals surface area contributed by atoms with E-state index < -0.39 is 10.0 Å². The maximum Gasteiger partial charge on any atom is 0.242 e. The molecule has 4 nitrogen and oxygen atoms in total. The molecule has 0 saturated heterocycles. The lowest BCUT2D eigenvalue weighted by Crippen LogP contribution is -2.30. The lowest BCUT2D eigenvalue weighted by Gasteiger charge is -2.19. The van der Waals surface area contributed by atoms with Crippen molar-refractivity contribution < 1.29 is 8.42 Å². The predicted molar refractivity (Wildman–Crippen MR) is 82.0 cm³/mol. The van der Waals surface area contributed by atoms with Gasteiger partial charge in [0.05, 0.1) is 5.69 Å². The fraction of sp³-hybridized carbons (Fsp3) is 0.467. The second kappa shape index (κ2) is 5.97. The third kappa shape index (κ3) is 3.41. The van der Waals surface area contributed by atoms with Crippen LogP contribution < -0.4 is 10.5 Å². The molecule has 1 aliphatic rings. The first-order valence-electron chi connectivity index (χ1n) is 6.91.